The standard InChI is InChI=1S/C16H12Cl2N2OS3/c17-11-4-6-13(7-5-11)20-16(22)24-15(19-20)23-9-8-21-14-3-1-2-12(18)10-14/h1-7,10H,8-9H2. The van der Waals surface area contributed by atoms with Crippen molar-refractivity contribution in [1.82, 2.24) is 9.78 Å². The maximum Gasteiger partial charge on any atom is 0.184 e. The van der Waals surface area contributed by atoms with E-state index in [1.54, 1.807) is 22.5 Å². The van der Waals surface area contributed by atoms with Crippen LogP contribution in [0.4, 0.5) is 0 Å². The molecule has 3 nitrogen and oxygen atoms in total. The maximum atomic E-state index is 5.93. The second-order valence-corrected chi connectivity index (χ2v) is 8.51. The summed E-state index contributed by atoms with van der Waals surface area (Å²) in [4.78, 5) is 0. The van der Waals surface area contributed by atoms with E-state index in [4.69, 9.17) is 40.2 Å². The predicted octanol–water partition coefficient (Wildman–Crippen LogP) is 6.14. The lowest BCUT2D eigenvalue weighted by Gasteiger charge is -2.05. The molecule has 124 valence electrons. The first kappa shape index (κ1) is 17.8. The Morgan fingerprint density at radius 2 is 1.92 bits per heavy atom. The molecule has 0 spiro atoms. The third-order valence-corrected chi connectivity index (χ3v) is 5.79. The van der Waals surface area contributed by atoms with E-state index in [1.165, 1.54) is 11.3 Å². The molecule has 0 aliphatic carbocycles. The summed E-state index contributed by atoms with van der Waals surface area (Å²) in [5.41, 5.74) is 0.905. The van der Waals surface area contributed by atoms with E-state index < -0.39 is 0 Å². The van der Waals surface area contributed by atoms with Crippen LogP contribution in [0.3, 0.4) is 0 Å². The zero-order valence-corrected chi connectivity index (χ0v) is 16.3. The van der Waals surface area contributed by atoms with E-state index in [0.29, 0.717) is 20.6 Å². The number of hydrogen-bond donors (Lipinski definition) is 0. The topological polar surface area (TPSA) is 27.1 Å². The zero-order chi connectivity index (χ0) is 16.9. The Morgan fingerprint density at radius 1 is 1.12 bits per heavy atom. The molecular formula is C16H12Cl2N2OS3. The van der Waals surface area contributed by atoms with E-state index in [2.05, 4.69) is 5.10 Å². The number of rotatable bonds is 6. The third kappa shape index (κ3) is 4.74. The van der Waals surface area contributed by atoms with Gasteiger partial charge in [0.15, 0.2) is 8.29 Å². The largest absolute Gasteiger partial charge is 0.493 e. The van der Waals surface area contributed by atoms with Crippen LogP contribution >= 0.6 is 58.5 Å². The normalized spacial score (nSPS) is 10.8. The van der Waals surface area contributed by atoms with Crippen molar-refractivity contribution in [3.8, 4) is 11.4 Å². The van der Waals surface area contributed by atoms with Crippen molar-refractivity contribution in [3.63, 3.8) is 0 Å². The molecule has 0 unspecified atom stereocenters. The van der Waals surface area contributed by atoms with Gasteiger partial charge in [0.2, 0.25) is 0 Å². The van der Waals surface area contributed by atoms with E-state index in [1.807, 2.05) is 42.5 Å². The van der Waals surface area contributed by atoms with Gasteiger partial charge in [-0.05, 0) is 54.7 Å². The van der Waals surface area contributed by atoms with Gasteiger partial charge >= 0.3 is 0 Å². The van der Waals surface area contributed by atoms with Crippen molar-refractivity contribution < 1.29 is 4.74 Å². The number of halogens is 2. The summed E-state index contributed by atoms with van der Waals surface area (Å²) in [6, 6.07) is 14.8. The summed E-state index contributed by atoms with van der Waals surface area (Å²) < 4.78 is 9.03. The lowest BCUT2D eigenvalue weighted by Crippen LogP contribution is -2.00. The molecule has 0 bridgehead atoms. The van der Waals surface area contributed by atoms with Crippen LogP contribution in [0.5, 0.6) is 5.75 Å². The molecule has 1 heterocycles. The quantitative estimate of drug-likeness (QED) is 0.275. The van der Waals surface area contributed by atoms with Crippen LogP contribution in [0.25, 0.3) is 5.69 Å². The average molecular weight is 415 g/mol. The Hall–Kier alpha value is -1.05. The number of ether oxygens (including phenoxy) is 1. The van der Waals surface area contributed by atoms with Crippen LogP contribution in [-0.4, -0.2) is 22.1 Å². The van der Waals surface area contributed by atoms with Crippen LogP contribution in [0.2, 0.25) is 10.0 Å². The third-order valence-electron chi connectivity index (χ3n) is 2.97. The Balaban J connectivity index is 1.57. The molecule has 0 aliphatic rings. The van der Waals surface area contributed by atoms with Gasteiger partial charge in [0.1, 0.15) is 5.75 Å². The molecule has 8 heteroatoms. The summed E-state index contributed by atoms with van der Waals surface area (Å²) >= 11 is 20.3. The van der Waals surface area contributed by atoms with Gasteiger partial charge in [0, 0.05) is 15.8 Å². The highest BCUT2D eigenvalue weighted by Crippen LogP contribution is 2.25. The lowest BCUT2D eigenvalue weighted by molar-refractivity contribution is 0.344. The summed E-state index contributed by atoms with van der Waals surface area (Å²) in [6.07, 6.45) is 0. The van der Waals surface area contributed by atoms with Crippen LogP contribution in [-0.2, 0) is 0 Å². The summed E-state index contributed by atoms with van der Waals surface area (Å²) in [6.45, 7) is 0.568. The van der Waals surface area contributed by atoms with Gasteiger partial charge in [-0.3, -0.25) is 0 Å². The van der Waals surface area contributed by atoms with Gasteiger partial charge in [-0.25, -0.2) is 4.68 Å². The molecule has 3 aromatic rings. The number of hydrogen-bond acceptors (Lipinski definition) is 5. The Bertz CT molecular complexity index is 878. The first-order valence-electron chi connectivity index (χ1n) is 6.99. The molecule has 0 aliphatic heterocycles. The maximum absolute atomic E-state index is 5.93. The van der Waals surface area contributed by atoms with E-state index in [0.717, 1.165) is 21.5 Å². The molecule has 1 aromatic heterocycles. The molecule has 0 amide bonds. The summed E-state index contributed by atoms with van der Waals surface area (Å²) in [5, 5.41) is 5.90. The monoisotopic (exact) mass is 414 g/mol. The predicted molar refractivity (Wildman–Crippen MR) is 105 cm³/mol. The summed E-state index contributed by atoms with van der Waals surface area (Å²) in [5.74, 6) is 1.54. The molecule has 0 saturated carbocycles. The molecule has 24 heavy (non-hydrogen) atoms. The van der Waals surface area contributed by atoms with Gasteiger partial charge in [0.05, 0.1) is 12.3 Å². The smallest absolute Gasteiger partial charge is 0.184 e. The highest BCUT2D eigenvalue weighted by Gasteiger charge is 2.06. The number of thioether (sulfide) groups is 1. The first-order chi connectivity index (χ1) is 11.6. The second kappa shape index (κ2) is 8.36. The lowest BCUT2D eigenvalue weighted by atomic mass is 10.3. The van der Waals surface area contributed by atoms with Crippen molar-refractivity contribution in [2.24, 2.45) is 0 Å². The number of aromatic nitrogens is 2. The van der Waals surface area contributed by atoms with Crippen molar-refractivity contribution in [3.05, 3.63) is 62.5 Å². The Labute approximate surface area is 163 Å². The average Bonchev–Trinajstić information content (AvgIpc) is 2.93. The van der Waals surface area contributed by atoms with Gasteiger partial charge < -0.3 is 4.74 Å². The molecule has 0 fully saturated rings. The fraction of sp³-hybridized carbons (Fsp3) is 0.125. The number of benzene rings is 2. The molecule has 2 aromatic carbocycles. The minimum atomic E-state index is 0.568. The number of nitrogens with zero attached hydrogens (tertiary/aromatic N) is 2. The van der Waals surface area contributed by atoms with Gasteiger partial charge in [-0.15, -0.1) is 5.10 Å². The Morgan fingerprint density at radius 3 is 2.67 bits per heavy atom. The highest BCUT2D eigenvalue weighted by molar-refractivity contribution is 8.01. The van der Waals surface area contributed by atoms with Gasteiger partial charge in [0.25, 0.3) is 0 Å². The van der Waals surface area contributed by atoms with Crippen LogP contribution in [0, 0.1) is 3.95 Å². The van der Waals surface area contributed by atoms with Gasteiger partial charge in [-0.2, -0.15) is 0 Å². The van der Waals surface area contributed by atoms with Crippen molar-refractivity contribution in [2.75, 3.05) is 12.4 Å². The van der Waals surface area contributed by atoms with Crippen LogP contribution in [0.1, 0.15) is 0 Å². The first-order valence-corrected chi connectivity index (χ1v) is 9.96. The van der Waals surface area contributed by atoms with E-state index >= 15 is 0 Å². The highest BCUT2D eigenvalue weighted by atomic mass is 35.5. The van der Waals surface area contributed by atoms with E-state index in [9.17, 15) is 0 Å². The molecule has 3 rings (SSSR count). The Kier molecular flexibility index (Phi) is 6.19. The van der Waals surface area contributed by atoms with Crippen LogP contribution in [0.15, 0.2) is 52.9 Å². The van der Waals surface area contributed by atoms with Crippen LogP contribution < -0.4 is 4.74 Å². The molecule has 0 saturated heterocycles. The second-order valence-electron chi connectivity index (χ2n) is 4.68. The van der Waals surface area contributed by atoms with Crippen molar-refractivity contribution in [1.29, 1.82) is 0 Å². The van der Waals surface area contributed by atoms with Crippen molar-refractivity contribution in [2.45, 2.75) is 4.34 Å². The van der Waals surface area contributed by atoms with Crippen molar-refractivity contribution >= 4 is 58.5 Å². The molecule has 0 N–H and O–H groups in total. The SMILES string of the molecule is S=c1sc(SCCOc2cccc(Cl)c2)nn1-c1ccc(Cl)cc1. The fourth-order valence-electron chi connectivity index (χ4n) is 1.91. The molecule has 0 radical (unpaired) electrons. The minimum Gasteiger partial charge on any atom is -0.493 e. The van der Waals surface area contributed by atoms with E-state index in [-0.39, 0.29) is 0 Å². The minimum absolute atomic E-state index is 0.568. The molecule has 0 atom stereocenters. The fourth-order valence-corrected chi connectivity index (χ4v) is 4.47. The zero-order valence-electron chi connectivity index (χ0n) is 12.3. The summed E-state index contributed by atoms with van der Waals surface area (Å²) in [7, 11) is 0. The van der Waals surface area contributed by atoms with Gasteiger partial charge in [-0.1, -0.05) is 52.4 Å². The molecular weight excluding hydrogens is 403 g/mol.